The number of hydrogen-bond acceptors (Lipinski definition) is 7. The van der Waals surface area contributed by atoms with Crippen molar-refractivity contribution in [3.63, 3.8) is 0 Å². The Bertz CT molecular complexity index is 1180. The summed E-state index contributed by atoms with van der Waals surface area (Å²) in [6, 6.07) is 16.6. The van der Waals surface area contributed by atoms with Crippen LogP contribution >= 0.6 is 7.80 Å². The van der Waals surface area contributed by atoms with Crippen molar-refractivity contribution in [3.8, 4) is 23.0 Å². The molecule has 0 N–H and O–H groups in total. The molecule has 3 aromatic rings. The van der Waals surface area contributed by atoms with E-state index < -0.39 is 13.3 Å². The highest BCUT2D eigenvalue weighted by Gasteiger charge is 2.31. The molecule has 0 saturated carbocycles. The van der Waals surface area contributed by atoms with Crippen LogP contribution in [-0.2, 0) is 4.57 Å². The van der Waals surface area contributed by atoms with Crippen molar-refractivity contribution in [1.82, 2.24) is 0 Å². The van der Waals surface area contributed by atoms with E-state index in [1.165, 1.54) is 14.2 Å². The van der Waals surface area contributed by atoms with Gasteiger partial charge in [0.05, 0.1) is 33.0 Å². The van der Waals surface area contributed by atoms with Gasteiger partial charge in [0, 0.05) is 5.56 Å². The fraction of sp³-hybridized carbons (Fsp3) is 0.231. The summed E-state index contributed by atoms with van der Waals surface area (Å²) in [6.45, 7) is 3.98. The van der Waals surface area contributed by atoms with Gasteiger partial charge in [0.2, 0.25) is 5.52 Å². The average molecular weight is 482 g/mol. The summed E-state index contributed by atoms with van der Waals surface area (Å²) in [5.41, 5.74) is 0.00666. The molecule has 0 radical (unpaired) electrons. The van der Waals surface area contributed by atoms with Crippen LogP contribution in [-0.4, -0.2) is 38.7 Å². The molecule has 0 saturated heterocycles. The lowest BCUT2D eigenvalue weighted by Crippen LogP contribution is -2.18. The lowest BCUT2D eigenvalue weighted by atomic mass is 10.0. The van der Waals surface area contributed by atoms with E-state index in [4.69, 9.17) is 18.9 Å². The van der Waals surface area contributed by atoms with Crippen molar-refractivity contribution in [1.29, 1.82) is 0 Å². The number of ketones is 1. The van der Waals surface area contributed by atoms with Crippen molar-refractivity contribution in [2.24, 2.45) is 0 Å². The fourth-order valence-corrected chi connectivity index (χ4v) is 5.07. The van der Waals surface area contributed by atoms with Crippen LogP contribution in [0.4, 0.5) is 0 Å². The highest BCUT2D eigenvalue weighted by molar-refractivity contribution is 7.72. The summed E-state index contributed by atoms with van der Waals surface area (Å²) >= 11 is 0. The van der Waals surface area contributed by atoms with E-state index in [1.54, 1.807) is 68.4 Å². The van der Waals surface area contributed by atoms with Gasteiger partial charge in [0.15, 0.2) is 13.6 Å². The summed E-state index contributed by atoms with van der Waals surface area (Å²) < 4.78 is 36.0. The first-order valence-electron chi connectivity index (χ1n) is 10.8. The van der Waals surface area contributed by atoms with Gasteiger partial charge in [-0.1, -0.05) is 36.4 Å². The lowest BCUT2D eigenvalue weighted by Gasteiger charge is -2.19. The number of rotatable bonds is 11. The molecule has 34 heavy (non-hydrogen) atoms. The van der Waals surface area contributed by atoms with Crippen molar-refractivity contribution < 1.29 is 33.1 Å². The van der Waals surface area contributed by atoms with E-state index >= 15 is 0 Å². The van der Waals surface area contributed by atoms with Gasteiger partial charge in [0.1, 0.15) is 33.9 Å². The molecular formula is C26H27O7P. The topological polar surface area (TPSA) is 88.1 Å². The third kappa shape index (κ3) is 5.00. The Hall–Kier alpha value is -3.57. The standard InChI is InChI=1S/C26H27O7P/c1-5-32-21-16-15-18(23(27)17-11-8-7-9-12-17)24(33-6-2)25(21)34(29)26(28)22-19(30-3)13-10-14-20(22)31-4/h7-16,34H,5-6H2,1-4H3. The minimum atomic E-state index is -3.25. The molecule has 0 heterocycles. The summed E-state index contributed by atoms with van der Waals surface area (Å²) in [7, 11) is -0.420. The first kappa shape index (κ1) is 25.1. The Kier molecular flexibility index (Phi) is 8.50. The zero-order valence-electron chi connectivity index (χ0n) is 19.5. The molecule has 0 fully saturated rings. The second kappa shape index (κ2) is 11.5. The Labute approximate surface area is 199 Å². The Balaban J connectivity index is 2.22. The maximum Gasteiger partial charge on any atom is 0.230 e. The van der Waals surface area contributed by atoms with Gasteiger partial charge >= 0.3 is 0 Å². The van der Waals surface area contributed by atoms with E-state index in [-0.39, 0.29) is 58.4 Å². The van der Waals surface area contributed by atoms with Crippen LogP contribution in [0.3, 0.4) is 0 Å². The van der Waals surface area contributed by atoms with E-state index in [0.29, 0.717) is 5.56 Å². The Morgan fingerprint density at radius 3 is 1.94 bits per heavy atom. The minimum Gasteiger partial charge on any atom is -0.496 e. The van der Waals surface area contributed by atoms with Crippen LogP contribution in [0.15, 0.2) is 60.7 Å². The molecule has 0 aliphatic rings. The van der Waals surface area contributed by atoms with Gasteiger partial charge in [-0.05, 0) is 38.1 Å². The van der Waals surface area contributed by atoms with Crippen molar-refractivity contribution in [2.45, 2.75) is 13.8 Å². The second-order valence-electron chi connectivity index (χ2n) is 7.07. The summed E-state index contributed by atoms with van der Waals surface area (Å²) in [4.78, 5) is 26.8. The molecule has 7 nitrogen and oxygen atoms in total. The van der Waals surface area contributed by atoms with E-state index in [0.717, 1.165) is 0 Å². The maximum atomic E-state index is 13.8. The van der Waals surface area contributed by atoms with Crippen LogP contribution in [0.1, 0.15) is 40.1 Å². The SMILES string of the molecule is CCOc1ccc(C(=O)c2ccccc2)c(OCC)c1[PH](=O)C(=O)c1c(OC)cccc1OC. The molecule has 0 amide bonds. The smallest absolute Gasteiger partial charge is 0.230 e. The number of carbonyl (C=O) groups excluding carboxylic acids is 2. The third-order valence-corrected chi connectivity index (χ3v) is 6.67. The Morgan fingerprint density at radius 1 is 0.765 bits per heavy atom. The molecule has 0 aromatic heterocycles. The van der Waals surface area contributed by atoms with E-state index in [2.05, 4.69) is 0 Å². The number of carbonyl (C=O) groups is 2. The quantitative estimate of drug-likeness (QED) is 0.288. The molecule has 3 rings (SSSR count). The zero-order chi connectivity index (χ0) is 24.7. The van der Waals surface area contributed by atoms with Crippen LogP contribution in [0.5, 0.6) is 23.0 Å². The minimum absolute atomic E-state index is 0.0566. The second-order valence-corrected chi connectivity index (χ2v) is 8.68. The average Bonchev–Trinajstić information content (AvgIpc) is 2.88. The van der Waals surface area contributed by atoms with Gasteiger partial charge in [0.25, 0.3) is 0 Å². The molecule has 0 aliphatic heterocycles. The normalized spacial score (nSPS) is 11.4. The summed E-state index contributed by atoms with van der Waals surface area (Å²) in [6.07, 6.45) is 0. The first-order valence-corrected chi connectivity index (χ1v) is 12.2. The zero-order valence-corrected chi connectivity index (χ0v) is 20.5. The number of ether oxygens (including phenoxy) is 4. The van der Waals surface area contributed by atoms with Gasteiger partial charge < -0.3 is 23.5 Å². The van der Waals surface area contributed by atoms with Crippen LogP contribution < -0.4 is 24.3 Å². The van der Waals surface area contributed by atoms with Crippen molar-refractivity contribution in [2.75, 3.05) is 27.4 Å². The molecule has 0 bridgehead atoms. The van der Waals surface area contributed by atoms with E-state index in [9.17, 15) is 14.2 Å². The van der Waals surface area contributed by atoms with Gasteiger partial charge in [-0.25, -0.2) is 0 Å². The van der Waals surface area contributed by atoms with Crippen LogP contribution in [0.2, 0.25) is 0 Å². The largest absolute Gasteiger partial charge is 0.496 e. The van der Waals surface area contributed by atoms with Crippen LogP contribution in [0.25, 0.3) is 0 Å². The predicted molar refractivity (Wildman–Crippen MR) is 131 cm³/mol. The maximum absolute atomic E-state index is 13.8. The highest BCUT2D eigenvalue weighted by Crippen LogP contribution is 2.42. The lowest BCUT2D eigenvalue weighted by molar-refractivity contribution is 0.103. The fourth-order valence-electron chi connectivity index (χ4n) is 3.58. The van der Waals surface area contributed by atoms with Gasteiger partial charge in [-0.15, -0.1) is 0 Å². The summed E-state index contributed by atoms with van der Waals surface area (Å²) in [5, 5.41) is 0.0634. The molecule has 178 valence electrons. The Morgan fingerprint density at radius 2 is 1.38 bits per heavy atom. The first-order chi connectivity index (χ1) is 16.5. The monoisotopic (exact) mass is 482 g/mol. The number of benzene rings is 3. The van der Waals surface area contributed by atoms with Crippen molar-refractivity contribution in [3.05, 3.63) is 77.4 Å². The third-order valence-electron chi connectivity index (χ3n) is 5.08. The van der Waals surface area contributed by atoms with Gasteiger partial charge in [-0.3, -0.25) is 9.59 Å². The number of methoxy groups -OCH3 is 2. The number of hydrogen-bond donors (Lipinski definition) is 0. The van der Waals surface area contributed by atoms with Crippen LogP contribution in [0, 0.1) is 0 Å². The molecule has 0 spiro atoms. The molecule has 1 unspecified atom stereocenters. The molecule has 1 atom stereocenters. The van der Waals surface area contributed by atoms with Crippen molar-refractivity contribution >= 4 is 24.4 Å². The van der Waals surface area contributed by atoms with E-state index in [1.807, 2.05) is 6.07 Å². The molecule has 8 heteroatoms. The molecule has 0 aliphatic carbocycles. The highest BCUT2D eigenvalue weighted by atomic mass is 31.1. The molecule has 3 aromatic carbocycles. The summed E-state index contributed by atoms with van der Waals surface area (Å²) in [5.74, 6) is 0.450. The molecular weight excluding hydrogens is 455 g/mol. The van der Waals surface area contributed by atoms with Gasteiger partial charge in [-0.2, -0.15) is 0 Å². The predicted octanol–water partition coefficient (Wildman–Crippen LogP) is 4.76.